The molecule has 0 saturated carbocycles. The van der Waals surface area contributed by atoms with Crippen LogP contribution in [0.1, 0.15) is 22.5 Å². The summed E-state index contributed by atoms with van der Waals surface area (Å²) in [5, 5.41) is 3.37. The van der Waals surface area contributed by atoms with Crippen LogP contribution in [-0.4, -0.2) is 9.97 Å². The Hall–Kier alpha value is -1.77. The number of rotatable bonds is 3. The summed E-state index contributed by atoms with van der Waals surface area (Å²) in [5.41, 5.74) is 5.96. The Kier molecular flexibility index (Phi) is 2.95. The highest BCUT2D eigenvalue weighted by atomic mass is 14.9. The van der Waals surface area contributed by atoms with Crippen molar-refractivity contribution in [2.75, 3.05) is 5.32 Å². The molecule has 0 radical (unpaired) electrons. The van der Waals surface area contributed by atoms with E-state index in [0.717, 1.165) is 23.6 Å². The Morgan fingerprint density at radius 1 is 1.19 bits per heavy atom. The van der Waals surface area contributed by atoms with Gasteiger partial charge in [0.05, 0.1) is 18.6 Å². The van der Waals surface area contributed by atoms with Gasteiger partial charge in [-0.1, -0.05) is 6.07 Å². The molecule has 0 aliphatic carbocycles. The van der Waals surface area contributed by atoms with E-state index in [1.807, 2.05) is 6.92 Å². The van der Waals surface area contributed by atoms with Crippen LogP contribution in [0.5, 0.6) is 0 Å². The predicted octanol–water partition coefficient (Wildman–Crippen LogP) is 2.95. The molecule has 3 nitrogen and oxygen atoms in total. The third-order valence-electron chi connectivity index (χ3n) is 2.90. The van der Waals surface area contributed by atoms with Gasteiger partial charge >= 0.3 is 0 Å². The van der Waals surface area contributed by atoms with E-state index < -0.39 is 0 Å². The number of aromatic amines is 1. The quantitative estimate of drug-likeness (QED) is 0.826. The molecular weight excluding hydrogens is 198 g/mol. The lowest BCUT2D eigenvalue weighted by Crippen LogP contribution is -2.01. The zero-order chi connectivity index (χ0) is 11.5. The molecule has 0 amide bonds. The fraction of sp³-hybridized carbons (Fsp3) is 0.308. The molecule has 0 spiro atoms. The van der Waals surface area contributed by atoms with Crippen LogP contribution in [0.4, 0.5) is 5.69 Å². The predicted molar refractivity (Wildman–Crippen MR) is 66.6 cm³/mol. The minimum absolute atomic E-state index is 0.762. The Labute approximate surface area is 95.9 Å². The zero-order valence-corrected chi connectivity index (χ0v) is 9.96. The molecule has 0 aliphatic rings. The summed E-state index contributed by atoms with van der Waals surface area (Å²) < 4.78 is 0. The van der Waals surface area contributed by atoms with E-state index >= 15 is 0 Å². The van der Waals surface area contributed by atoms with Crippen LogP contribution >= 0.6 is 0 Å². The lowest BCUT2D eigenvalue weighted by atomic mass is 10.1. The Balaban J connectivity index is 2.05. The van der Waals surface area contributed by atoms with Gasteiger partial charge in [-0.05, 0) is 44.0 Å². The van der Waals surface area contributed by atoms with Gasteiger partial charge in [0.2, 0.25) is 0 Å². The van der Waals surface area contributed by atoms with Crippen molar-refractivity contribution in [1.82, 2.24) is 9.97 Å². The van der Waals surface area contributed by atoms with E-state index in [-0.39, 0.29) is 0 Å². The molecule has 16 heavy (non-hydrogen) atoms. The van der Waals surface area contributed by atoms with Crippen LogP contribution in [0.2, 0.25) is 0 Å². The Morgan fingerprint density at radius 3 is 2.62 bits per heavy atom. The summed E-state index contributed by atoms with van der Waals surface area (Å²) in [4.78, 5) is 7.33. The van der Waals surface area contributed by atoms with Gasteiger partial charge < -0.3 is 10.3 Å². The van der Waals surface area contributed by atoms with Crippen molar-refractivity contribution in [3.05, 3.63) is 47.0 Å². The smallest absolute Gasteiger partial charge is 0.0925 e. The fourth-order valence-electron chi connectivity index (χ4n) is 1.60. The van der Waals surface area contributed by atoms with Crippen LogP contribution in [0, 0.1) is 20.8 Å². The number of nitrogens with zero attached hydrogens (tertiary/aromatic N) is 1. The van der Waals surface area contributed by atoms with E-state index in [1.165, 1.54) is 11.1 Å². The Bertz CT molecular complexity index is 486. The average Bonchev–Trinajstić information content (AvgIpc) is 2.66. The third kappa shape index (κ3) is 2.24. The van der Waals surface area contributed by atoms with Gasteiger partial charge in [-0.3, -0.25) is 0 Å². The summed E-state index contributed by atoms with van der Waals surface area (Å²) in [6, 6.07) is 6.40. The SMILES string of the molecule is Cc1ccc(NCc2nc[nH]c2C)cc1C. The van der Waals surface area contributed by atoms with Gasteiger partial charge in [-0.15, -0.1) is 0 Å². The number of anilines is 1. The van der Waals surface area contributed by atoms with Crippen molar-refractivity contribution in [3.63, 3.8) is 0 Å². The molecule has 3 heteroatoms. The van der Waals surface area contributed by atoms with Crippen molar-refractivity contribution < 1.29 is 0 Å². The topological polar surface area (TPSA) is 40.7 Å². The lowest BCUT2D eigenvalue weighted by Gasteiger charge is -2.07. The lowest BCUT2D eigenvalue weighted by molar-refractivity contribution is 1.05. The van der Waals surface area contributed by atoms with Crippen LogP contribution < -0.4 is 5.32 Å². The largest absolute Gasteiger partial charge is 0.379 e. The first-order valence-corrected chi connectivity index (χ1v) is 5.47. The molecule has 2 aromatic rings. The molecule has 2 N–H and O–H groups in total. The normalized spacial score (nSPS) is 10.4. The van der Waals surface area contributed by atoms with Crippen LogP contribution in [0.25, 0.3) is 0 Å². The molecule has 1 heterocycles. The summed E-state index contributed by atoms with van der Waals surface area (Å²) in [5.74, 6) is 0. The standard InChI is InChI=1S/C13H17N3/c1-9-4-5-12(6-10(9)2)14-7-13-11(3)15-8-16-13/h4-6,8,14H,7H2,1-3H3,(H,15,16). The number of hydrogen-bond donors (Lipinski definition) is 2. The van der Waals surface area contributed by atoms with Crippen molar-refractivity contribution in [2.45, 2.75) is 27.3 Å². The van der Waals surface area contributed by atoms with Gasteiger partial charge in [0.15, 0.2) is 0 Å². The van der Waals surface area contributed by atoms with E-state index in [1.54, 1.807) is 6.33 Å². The summed E-state index contributed by atoms with van der Waals surface area (Å²) in [7, 11) is 0. The van der Waals surface area contributed by atoms with Crippen molar-refractivity contribution in [1.29, 1.82) is 0 Å². The highest BCUT2D eigenvalue weighted by Gasteiger charge is 2.01. The molecule has 0 aliphatic heterocycles. The van der Waals surface area contributed by atoms with Crippen LogP contribution in [0.3, 0.4) is 0 Å². The number of aryl methyl sites for hydroxylation is 3. The number of nitrogens with one attached hydrogen (secondary N) is 2. The minimum Gasteiger partial charge on any atom is -0.379 e. The van der Waals surface area contributed by atoms with E-state index in [4.69, 9.17) is 0 Å². The third-order valence-corrected chi connectivity index (χ3v) is 2.90. The highest BCUT2D eigenvalue weighted by Crippen LogP contribution is 2.15. The fourth-order valence-corrected chi connectivity index (χ4v) is 1.60. The molecule has 0 unspecified atom stereocenters. The van der Waals surface area contributed by atoms with Crippen LogP contribution in [0.15, 0.2) is 24.5 Å². The van der Waals surface area contributed by atoms with Crippen molar-refractivity contribution >= 4 is 5.69 Å². The maximum Gasteiger partial charge on any atom is 0.0925 e. The maximum absolute atomic E-state index is 4.25. The maximum atomic E-state index is 4.25. The van der Waals surface area contributed by atoms with E-state index in [0.29, 0.717) is 0 Å². The average molecular weight is 215 g/mol. The van der Waals surface area contributed by atoms with Gasteiger partial charge in [0.1, 0.15) is 0 Å². The molecule has 0 atom stereocenters. The second-order valence-corrected chi connectivity index (χ2v) is 4.13. The van der Waals surface area contributed by atoms with Gasteiger partial charge in [-0.2, -0.15) is 0 Å². The summed E-state index contributed by atoms with van der Waals surface area (Å²) in [6.07, 6.45) is 1.73. The second kappa shape index (κ2) is 4.39. The molecule has 0 saturated heterocycles. The second-order valence-electron chi connectivity index (χ2n) is 4.13. The number of imidazole rings is 1. The van der Waals surface area contributed by atoms with Gasteiger partial charge in [0.25, 0.3) is 0 Å². The summed E-state index contributed by atoms with van der Waals surface area (Å²) >= 11 is 0. The molecule has 0 bridgehead atoms. The minimum atomic E-state index is 0.762. The van der Waals surface area contributed by atoms with Crippen LogP contribution in [-0.2, 0) is 6.54 Å². The Morgan fingerprint density at radius 2 is 2.00 bits per heavy atom. The van der Waals surface area contributed by atoms with E-state index in [2.05, 4.69) is 47.3 Å². The first-order chi connectivity index (χ1) is 7.66. The molecule has 84 valence electrons. The monoisotopic (exact) mass is 215 g/mol. The number of hydrogen-bond acceptors (Lipinski definition) is 2. The molecule has 1 aromatic heterocycles. The van der Waals surface area contributed by atoms with Crippen molar-refractivity contribution in [3.8, 4) is 0 Å². The first-order valence-electron chi connectivity index (χ1n) is 5.47. The first kappa shape index (κ1) is 10.7. The molecule has 2 rings (SSSR count). The zero-order valence-electron chi connectivity index (χ0n) is 9.96. The number of aromatic nitrogens is 2. The molecular formula is C13H17N3. The molecule has 0 fully saturated rings. The van der Waals surface area contributed by atoms with Gasteiger partial charge in [-0.25, -0.2) is 4.98 Å². The van der Waals surface area contributed by atoms with Gasteiger partial charge in [0, 0.05) is 11.4 Å². The number of H-pyrrole nitrogens is 1. The highest BCUT2D eigenvalue weighted by molar-refractivity contribution is 5.48. The summed E-state index contributed by atoms with van der Waals surface area (Å²) in [6.45, 7) is 7.04. The van der Waals surface area contributed by atoms with Crippen molar-refractivity contribution in [2.24, 2.45) is 0 Å². The number of benzene rings is 1. The molecule has 1 aromatic carbocycles. The van der Waals surface area contributed by atoms with E-state index in [9.17, 15) is 0 Å².